The lowest BCUT2D eigenvalue weighted by molar-refractivity contribution is -0.138. The first-order valence-corrected chi connectivity index (χ1v) is 9.68. The Morgan fingerprint density at radius 2 is 1.66 bits per heavy atom. The molecule has 1 fully saturated rings. The van der Waals surface area contributed by atoms with Crippen molar-refractivity contribution in [1.29, 1.82) is 0 Å². The van der Waals surface area contributed by atoms with Gasteiger partial charge in [-0.15, -0.1) is 0 Å². The maximum atomic E-state index is 12.0. The molecule has 0 spiro atoms. The van der Waals surface area contributed by atoms with Crippen LogP contribution in [0.1, 0.15) is 30.4 Å². The van der Waals surface area contributed by atoms with Gasteiger partial charge in [0, 0.05) is 38.9 Å². The predicted octanol–water partition coefficient (Wildman–Crippen LogP) is 2.24. The Morgan fingerprint density at radius 3 is 2.41 bits per heavy atom. The smallest absolute Gasteiger partial charge is 0.229 e. The molecule has 1 aromatic heterocycles. The van der Waals surface area contributed by atoms with Crippen molar-refractivity contribution in [2.75, 3.05) is 6.54 Å². The number of hydrogen-bond acceptors (Lipinski definition) is 4. The SMILES string of the molecule is O=C(CCN1C(=O)CCC1=O)NCc1ccc(Cn2cnc3ccccc32)cc1. The highest BCUT2D eigenvalue weighted by Crippen LogP contribution is 2.15. The Hall–Kier alpha value is -3.48. The van der Waals surface area contributed by atoms with Gasteiger partial charge in [-0.25, -0.2) is 4.98 Å². The number of carbonyl (C=O) groups excluding carboxylic acids is 3. The molecule has 3 amide bonds. The molecular formula is C22H22N4O3. The Labute approximate surface area is 168 Å². The largest absolute Gasteiger partial charge is 0.352 e. The normalized spacial score (nSPS) is 14.0. The molecule has 29 heavy (non-hydrogen) atoms. The molecule has 7 nitrogen and oxygen atoms in total. The molecular weight excluding hydrogens is 368 g/mol. The summed E-state index contributed by atoms with van der Waals surface area (Å²) in [6.45, 7) is 1.29. The van der Waals surface area contributed by atoms with Crippen LogP contribution in [0.15, 0.2) is 54.9 Å². The van der Waals surface area contributed by atoms with Gasteiger partial charge in [-0.1, -0.05) is 36.4 Å². The summed E-state index contributed by atoms with van der Waals surface area (Å²) in [5.41, 5.74) is 4.21. The fraction of sp³-hybridized carbons (Fsp3) is 0.273. The summed E-state index contributed by atoms with van der Waals surface area (Å²) < 4.78 is 2.10. The summed E-state index contributed by atoms with van der Waals surface area (Å²) in [7, 11) is 0. The number of imide groups is 1. The highest BCUT2D eigenvalue weighted by molar-refractivity contribution is 6.02. The third-order valence-corrected chi connectivity index (χ3v) is 5.11. The zero-order chi connectivity index (χ0) is 20.2. The van der Waals surface area contributed by atoms with E-state index in [1.807, 2.05) is 48.8 Å². The fourth-order valence-corrected chi connectivity index (χ4v) is 3.47. The van der Waals surface area contributed by atoms with Crippen molar-refractivity contribution in [3.63, 3.8) is 0 Å². The second-order valence-electron chi connectivity index (χ2n) is 7.14. The number of nitrogens with zero attached hydrogens (tertiary/aromatic N) is 3. The molecule has 4 rings (SSSR count). The molecule has 148 valence electrons. The molecule has 1 N–H and O–H groups in total. The van der Waals surface area contributed by atoms with Crippen molar-refractivity contribution in [3.8, 4) is 0 Å². The summed E-state index contributed by atoms with van der Waals surface area (Å²) >= 11 is 0. The van der Waals surface area contributed by atoms with Crippen LogP contribution >= 0.6 is 0 Å². The highest BCUT2D eigenvalue weighted by Gasteiger charge is 2.28. The number of aromatic nitrogens is 2. The van der Waals surface area contributed by atoms with E-state index in [2.05, 4.69) is 20.9 Å². The van der Waals surface area contributed by atoms with Gasteiger partial charge in [0.25, 0.3) is 0 Å². The summed E-state index contributed by atoms with van der Waals surface area (Å²) in [5.74, 6) is -0.556. The average molecular weight is 390 g/mol. The molecule has 0 saturated carbocycles. The molecule has 0 unspecified atom stereocenters. The van der Waals surface area contributed by atoms with Crippen LogP contribution in [0.2, 0.25) is 0 Å². The topological polar surface area (TPSA) is 84.3 Å². The number of nitrogens with one attached hydrogen (secondary N) is 1. The number of rotatable bonds is 7. The number of carbonyl (C=O) groups is 3. The van der Waals surface area contributed by atoms with Crippen LogP contribution in [-0.2, 0) is 27.5 Å². The van der Waals surface area contributed by atoms with Gasteiger partial charge in [-0.3, -0.25) is 19.3 Å². The summed E-state index contributed by atoms with van der Waals surface area (Å²) in [4.78, 5) is 40.7. The summed E-state index contributed by atoms with van der Waals surface area (Å²) in [5, 5.41) is 2.84. The van der Waals surface area contributed by atoms with E-state index in [1.165, 1.54) is 4.90 Å². The number of hydrogen-bond donors (Lipinski definition) is 1. The lowest BCUT2D eigenvalue weighted by Gasteiger charge is -2.13. The quantitative estimate of drug-likeness (QED) is 0.627. The first-order chi connectivity index (χ1) is 14.1. The monoisotopic (exact) mass is 390 g/mol. The van der Waals surface area contributed by atoms with Crippen molar-refractivity contribution < 1.29 is 14.4 Å². The van der Waals surface area contributed by atoms with E-state index in [0.29, 0.717) is 6.54 Å². The predicted molar refractivity (Wildman–Crippen MR) is 108 cm³/mol. The van der Waals surface area contributed by atoms with E-state index in [9.17, 15) is 14.4 Å². The minimum atomic E-state index is -0.191. The molecule has 0 bridgehead atoms. The number of amides is 3. The van der Waals surface area contributed by atoms with E-state index in [4.69, 9.17) is 0 Å². The zero-order valence-corrected chi connectivity index (χ0v) is 16.0. The van der Waals surface area contributed by atoms with E-state index < -0.39 is 0 Å². The van der Waals surface area contributed by atoms with Crippen molar-refractivity contribution in [3.05, 3.63) is 66.0 Å². The van der Waals surface area contributed by atoms with Crippen LogP contribution in [0.25, 0.3) is 11.0 Å². The van der Waals surface area contributed by atoms with Crippen molar-refractivity contribution in [1.82, 2.24) is 19.8 Å². The lowest BCUT2D eigenvalue weighted by Crippen LogP contribution is -2.34. The maximum absolute atomic E-state index is 12.0. The summed E-state index contributed by atoms with van der Waals surface area (Å²) in [6, 6.07) is 16.1. The number of para-hydroxylation sites is 2. The standard InChI is InChI=1S/C22H22N4O3/c27-20(11-12-26-21(28)9-10-22(26)29)23-13-16-5-7-17(8-6-16)14-25-15-24-18-3-1-2-4-19(18)25/h1-8,15H,9-14H2,(H,23,27). The van der Waals surface area contributed by atoms with E-state index >= 15 is 0 Å². The van der Waals surface area contributed by atoms with Crippen LogP contribution in [0.5, 0.6) is 0 Å². The highest BCUT2D eigenvalue weighted by atomic mass is 16.2. The van der Waals surface area contributed by atoms with Crippen molar-refractivity contribution in [2.24, 2.45) is 0 Å². The second-order valence-corrected chi connectivity index (χ2v) is 7.14. The van der Waals surface area contributed by atoms with Crippen LogP contribution in [0, 0.1) is 0 Å². The van der Waals surface area contributed by atoms with Gasteiger partial charge in [0.1, 0.15) is 0 Å². The molecule has 1 aliphatic rings. The number of imidazole rings is 1. The van der Waals surface area contributed by atoms with Gasteiger partial charge in [0.2, 0.25) is 17.7 Å². The lowest BCUT2D eigenvalue weighted by atomic mass is 10.1. The molecule has 0 atom stereocenters. The maximum Gasteiger partial charge on any atom is 0.229 e. The van der Waals surface area contributed by atoms with E-state index in [-0.39, 0.29) is 43.5 Å². The van der Waals surface area contributed by atoms with E-state index in [1.54, 1.807) is 0 Å². The van der Waals surface area contributed by atoms with Crippen LogP contribution in [-0.4, -0.2) is 38.7 Å². The molecule has 2 aromatic carbocycles. The first-order valence-electron chi connectivity index (χ1n) is 9.68. The van der Waals surface area contributed by atoms with Crippen LogP contribution in [0.3, 0.4) is 0 Å². The molecule has 0 aliphatic carbocycles. The Kier molecular flexibility index (Phi) is 5.37. The molecule has 3 aromatic rings. The average Bonchev–Trinajstić information content (AvgIpc) is 3.29. The summed E-state index contributed by atoms with van der Waals surface area (Å²) in [6.07, 6.45) is 2.47. The van der Waals surface area contributed by atoms with Crippen molar-refractivity contribution >= 4 is 28.8 Å². The molecule has 1 saturated heterocycles. The van der Waals surface area contributed by atoms with Gasteiger partial charge >= 0.3 is 0 Å². The van der Waals surface area contributed by atoms with Gasteiger partial charge < -0.3 is 9.88 Å². The Balaban J connectivity index is 1.27. The first kappa shape index (κ1) is 18.9. The molecule has 0 radical (unpaired) electrons. The minimum Gasteiger partial charge on any atom is -0.352 e. The van der Waals surface area contributed by atoms with E-state index in [0.717, 1.165) is 28.7 Å². The second kappa shape index (κ2) is 8.26. The van der Waals surface area contributed by atoms with Gasteiger partial charge in [-0.2, -0.15) is 0 Å². The Bertz CT molecular complexity index is 1040. The van der Waals surface area contributed by atoms with Gasteiger partial charge in [0.15, 0.2) is 0 Å². The third kappa shape index (κ3) is 4.34. The van der Waals surface area contributed by atoms with Crippen LogP contribution < -0.4 is 5.32 Å². The fourth-order valence-electron chi connectivity index (χ4n) is 3.47. The number of likely N-dealkylation sites (tertiary alicyclic amines) is 1. The van der Waals surface area contributed by atoms with Crippen LogP contribution in [0.4, 0.5) is 0 Å². The molecule has 7 heteroatoms. The number of benzene rings is 2. The molecule has 2 heterocycles. The minimum absolute atomic E-state index is 0.128. The molecule has 1 aliphatic heterocycles. The zero-order valence-electron chi connectivity index (χ0n) is 16.0. The van der Waals surface area contributed by atoms with Gasteiger partial charge in [0.05, 0.1) is 17.4 Å². The number of fused-ring (bicyclic) bond motifs is 1. The van der Waals surface area contributed by atoms with Gasteiger partial charge in [-0.05, 0) is 23.3 Å². The Morgan fingerprint density at radius 1 is 0.966 bits per heavy atom. The van der Waals surface area contributed by atoms with Crippen molar-refractivity contribution in [2.45, 2.75) is 32.4 Å². The third-order valence-electron chi connectivity index (χ3n) is 5.11.